The fraction of sp³-hybridized carbons (Fsp3) is 0.667. The molecule has 31 heavy (non-hydrogen) atoms. The van der Waals surface area contributed by atoms with Crippen LogP contribution < -0.4 is 5.32 Å². The second-order valence-electron chi connectivity index (χ2n) is 10.2. The van der Waals surface area contributed by atoms with Gasteiger partial charge in [-0.15, -0.1) is 0 Å². The van der Waals surface area contributed by atoms with E-state index < -0.39 is 11.2 Å². The van der Waals surface area contributed by atoms with Crippen molar-refractivity contribution in [2.75, 3.05) is 25.5 Å². The first kappa shape index (κ1) is 24.8. The maximum atomic E-state index is 12.6. The minimum absolute atomic E-state index is 0.0942. The van der Waals surface area contributed by atoms with E-state index in [9.17, 15) is 9.59 Å². The molecule has 174 valence electrons. The SMILES string of the molecule is CN(Cc1cccc(NCC2CCCCN2C(=O)OC(C)(C)C)c1)C(=O)OC(C)(C)C. The van der Waals surface area contributed by atoms with Crippen molar-refractivity contribution >= 4 is 17.9 Å². The standard InChI is InChI=1S/C24H39N3O4/c1-23(2,3)30-21(28)26(7)17-18-11-10-12-19(15-18)25-16-20-13-8-9-14-27(20)22(29)31-24(4,5)6/h10-12,15,20,25H,8-9,13-14,16-17H2,1-7H3. The Hall–Kier alpha value is -2.44. The zero-order chi connectivity index (χ0) is 23.2. The zero-order valence-electron chi connectivity index (χ0n) is 20.2. The van der Waals surface area contributed by atoms with Crippen molar-refractivity contribution in [1.82, 2.24) is 9.80 Å². The zero-order valence-corrected chi connectivity index (χ0v) is 20.2. The predicted molar refractivity (Wildman–Crippen MR) is 123 cm³/mol. The van der Waals surface area contributed by atoms with Gasteiger partial charge in [-0.1, -0.05) is 12.1 Å². The van der Waals surface area contributed by atoms with E-state index in [1.165, 1.54) is 0 Å². The molecule has 2 rings (SSSR count). The van der Waals surface area contributed by atoms with Gasteiger partial charge < -0.3 is 24.6 Å². The molecule has 1 unspecified atom stereocenters. The first-order valence-electron chi connectivity index (χ1n) is 11.1. The van der Waals surface area contributed by atoms with Crippen LogP contribution in [0.25, 0.3) is 0 Å². The third kappa shape index (κ3) is 8.67. The van der Waals surface area contributed by atoms with Gasteiger partial charge in [0.05, 0.1) is 6.04 Å². The maximum absolute atomic E-state index is 12.6. The molecule has 1 aromatic rings. The van der Waals surface area contributed by atoms with Gasteiger partial charge in [0.15, 0.2) is 0 Å². The predicted octanol–water partition coefficient (Wildman–Crippen LogP) is 5.26. The van der Waals surface area contributed by atoms with E-state index in [2.05, 4.69) is 5.32 Å². The fourth-order valence-electron chi connectivity index (χ4n) is 3.47. The molecule has 0 bridgehead atoms. The Morgan fingerprint density at radius 2 is 1.77 bits per heavy atom. The van der Waals surface area contributed by atoms with Crippen LogP contribution in [-0.4, -0.2) is 59.4 Å². The van der Waals surface area contributed by atoms with Crippen LogP contribution in [0.4, 0.5) is 15.3 Å². The molecule has 0 aliphatic carbocycles. The van der Waals surface area contributed by atoms with E-state index in [-0.39, 0.29) is 18.2 Å². The van der Waals surface area contributed by atoms with Crippen molar-refractivity contribution in [3.63, 3.8) is 0 Å². The van der Waals surface area contributed by atoms with Gasteiger partial charge in [0.1, 0.15) is 11.2 Å². The van der Waals surface area contributed by atoms with Crippen LogP contribution >= 0.6 is 0 Å². The lowest BCUT2D eigenvalue weighted by atomic mass is 10.0. The monoisotopic (exact) mass is 433 g/mol. The summed E-state index contributed by atoms with van der Waals surface area (Å²) in [7, 11) is 1.73. The van der Waals surface area contributed by atoms with Crippen LogP contribution in [0.3, 0.4) is 0 Å². The van der Waals surface area contributed by atoms with E-state index in [4.69, 9.17) is 9.47 Å². The highest BCUT2D eigenvalue weighted by molar-refractivity contribution is 5.69. The Labute approximate surface area is 187 Å². The van der Waals surface area contributed by atoms with E-state index in [1.807, 2.05) is 70.7 Å². The maximum Gasteiger partial charge on any atom is 0.410 e. The summed E-state index contributed by atoms with van der Waals surface area (Å²) >= 11 is 0. The molecule has 1 atom stereocenters. The van der Waals surface area contributed by atoms with E-state index in [0.717, 1.165) is 37.1 Å². The molecule has 7 nitrogen and oxygen atoms in total. The molecule has 0 saturated carbocycles. The van der Waals surface area contributed by atoms with Crippen LogP contribution in [-0.2, 0) is 16.0 Å². The summed E-state index contributed by atoms with van der Waals surface area (Å²) in [6.07, 6.45) is 2.47. The van der Waals surface area contributed by atoms with Gasteiger partial charge >= 0.3 is 12.2 Å². The van der Waals surface area contributed by atoms with Gasteiger partial charge in [-0.3, -0.25) is 0 Å². The molecule has 1 saturated heterocycles. The summed E-state index contributed by atoms with van der Waals surface area (Å²) in [4.78, 5) is 28.2. The third-order valence-electron chi connectivity index (χ3n) is 4.85. The number of likely N-dealkylation sites (tertiary alicyclic amines) is 1. The quantitative estimate of drug-likeness (QED) is 0.686. The molecule has 0 spiro atoms. The largest absolute Gasteiger partial charge is 0.444 e. The number of ether oxygens (including phenoxy) is 2. The van der Waals surface area contributed by atoms with Crippen LogP contribution in [0.2, 0.25) is 0 Å². The van der Waals surface area contributed by atoms with Gasteiger partial charge in [-0.05, 0) is 78.5 Å². The Morgan fingerprint density at radius 1 is 1.10 bits per heavy atom. The Morgan fingerprint density at radius 3 is 2.42 bits per heavy atom. The second-order valence-corrected chi connectivity index (χ2v) is 10.2. The van der Waals surface area contributed by atoms with Crippen LogP contribution in [0.5, 0.6) is 0 Å². The molecule has 1 aliphatic heterocycles. The normalized spacial score (nSPS) is 17.1. The highest BCUT2D eigenvalue weighted by Crippen LogP contribution is 2.22. The summed E-state index contributed by atoms with van der Waals surface area (Å²) < 4.78 is 11.0. The number of hydrogen-bond acceptors (Lipinski definition) is 5. The first-order valence-corrected chi connectivity index (χ1v) is 11.1. The van der Waals surface area contributed by atoms with E-state index >= 15 is 0 Å². The lowest BCUT2D eigenvalue weighted by Crippen LogP contribution is -2.48. The summed E-state index contributed by atoms with van der Waals surface area (Å²) in [6, 6.07) is 8.07. The van der Waals surface area contributed by atoms with E-state index in [1.54, 1.807) is 11.9 Å². The van der Waals surface area contributed by atoms with Crippen LogP contribution in [0, 0.1) is 0 Å². The molecule has 1 fully saturated rings. The Kier molecular flexibility index (Phi) is 8.21. The van der Waals surface area contributed by atoms with Gasteiger partial charge in [0.2, 0.25) is 0 Å². The topological polar surface area (TPSA) is 71.1 Å². The molecule has 1 aliphatic rings. The summed E-state index contributed by atoms with van der Waals surface area (Å²) in [5, 5.41) is 3.46. The Balaban J connectivity index is 1.95. The van der Waals surface area contributed by atoms with Crippen molar-refractivity contribution in [2.24, 2.45) is 0 Å². The minimum atomic E-state index is -0.519. The number of hydrogen-bond donors (Lipinski definition) is 1. The van der Waals surface area contributed by atoms with Crippen molar-refractivity contribution in [2.45, 2.75) is 84.6 Å². The fourth-order valence-corrected chi connectivity index (χ4v) is 3.47. The molecular formula is C24H39N3O4. The summed E-state index contributed by atoms with van der Waals surface area (Å²) in [5.41, 5.74) is 0.950. The molecule has 2 amide bonds. The number of piperidine rings is 1. The Bertz CT molecular complexity index is 752. The molecule has 0 radical (unpaired) electrons. The number of carbonyl (C=O) groups is 2. The van der Waals surface area contributed by atoms with Gasteiger partial charge in [-0.2, -0.15) is 0 Å². The number of amides is 2. The average molecular weight is 434 g/mol. The number of nitrogens with one attached hydrogen (secondary N) is 1. The lowest BCUT2D eigenvalue weighted by molar-refractivity contribution is 0.0113. The first-order chi connectivity index (χ1) is 14.3. The highest BCUT2D eigenvalue weighted by atomic mass is 16.6. The van der Waals surface area contributed by atoms with E-state index in [0.29, 0.717) is 13.1 Å². The van der Waals surface area contributed by atoms with Crippen molar-refractivity contribution in [3.8, 4) is 0 Å². The second kappa shape index (κ2) is 10.2. The van der Waals surface area contributed by atoms with Crippen LogP contribution in [0.15, 0.2) is 24.3 Å². The summed E-state index contributed by atoms with van der Waals surface area (Å²) in [5.74, 6) is 0. The van der Waals surface area contributed by atoms with Gasteiger partial charge in [-0.25, -0.2) is 9.59 Å². The minimum Gasteiger partial charge on any atom is -0.444 e. The number of carbonyl (C=O) groups excluding carboxylic acids is 2. The van der Waals surface area contributed by atoms with Crippen molar-refractivity contribution in [3.05, 3.63) is 29.8 Å². The smallest absolute Gasteiger partial charge is 0.410 e. The summed E-state index contributed by atoms with van der Waals surface area (Å²) in [6.45, 7) is 13.1. The van der Waals surface area contributed by atoms with Gasteiger partial charge in [0, 0.05) is 32.4 Å². The number of anilines is 1. The molecular weight excluding hydrogens is 394 g/mol. The number of rotatable bonds is 5. The van der Waals surface area contributed by atoms with Crippen molar-refractivity contribution in [1.29, 1.82) is 0 Å². The number of nitrogens with zero attached hydrogens (tertiary/aromatic N) is 2. The molecule has 0 aromatic heterocycles. The number of benzene rings is 1. The average Bonchev–Trinajstić information content (AvgIpc) is 2.64. The lowest BCUT2D eigenvalue weighted by Gasteiger charge is -2.37. The molecule has 7 heteroatoms. The van der Waals surface area contributed by atoms with Gasteiger partial charge in [0.25, 0.3) is 0 Å². The highest BCUT2D eigenvalue weighted by Gasteiger charge is 2.30. The molecule has 1 N–H and O–H groups in total. The van der Waals surface area contributed by atoms with Crippen molar-refractivity contribution < 1.29 is 19.1 Å². The molecule has 1 aromatic carbocycles. The van der Waals surface area contributed by atoms with Crippen LogP contribution in [0.1, 0.15) is 66.4 Å². The third-order valence-corrected chi connectivity index (χ3v) is 4.85. The molecule has 1 heterocycles.